The van der Waals surface area contributed by atoms with Crippen LogP contribution in [0.5, 0.6) is 0 Å². The van der Waals surface area contributed by atoms with Gasteiger partial charge in [0, 0.05) is 15.1 Å². The molecule has 0 N–H and O–H groups in total. The lowest BCUT2D eigenvalue weighted by molar-refractivity contribution is 0.0956. The summed E-state index contributed by atoms with van der Waals surface area (Å²) in [7, 11) is 0. The zero-order chi connectivity index (χ0) is 10.7. The van der Waals surface area contributed by atoms with Crippen molar-refractivity contribution in [1.29, 1.82) is 5.26 Å². The Labute approximate surface area is 95.6 Å². The van der Waals surface area contributed by atoms with E-state index in [2.05, 4.69) is 15.9 Å². The Balaban J connectivity index is 3.09. The zero-order valence-corrected chi connectivity index (χ0v) is 9.76. The summed E-state index contributed by atoms with van der Waals surface area (Å²) >= 11 is 8.96. The van der Waals surface area contributed by atoms with Crippen molar-refractivity contribution in [2.24, 2.45) is 5.92 Å². The van der Waals surface area contributed by atoms with Crippen LogP contribution in [0.4, 0.5) is 0 Å². The van der Waals surface area contributed by atoms with Crippen LogP contribution in [0.3, 0.4) is 0 Å². The van der Waals surface area contributed by atoms with Gasteiger partial charge >= 0.3 is 0 Å². The minimum Gasteiger partial charge on any atom is -0.293 e. The molecule has 0 heterocycles. The van der Waals surface area contributed by atoms with E-state index in [-0.39, 0.29) is 5.78 Å². The van der Waals surface area contributed by atoms with Crippen LogP contribution in [0.25, 0.3) is 0 Å². The third-order valence-electron chi connectivity index (χ3n) is 1.78. The second-order valence-corrected chi connectivity index (χ2v) is 4.13. The molecule has 0 aliphatic rings. The largest absolute Gasteiger partial charge is 0.293 e. The Morgan fingerprint density at radius 3 is 2.79 bits per heavy atom. The highest BCUT2D eigenvalue weighted by atomic mass is 79.9. The second-order valence-electron chi connectivity index (χ2n) is 2.84. The van der Waals surface area contributed by atoms with Gasteiger partial charge < -0.3 is 0 Å². The number of halogens is 2. The van der Waals surface area contributed by atoms with Crippen LogP contribution < -0.4 is 0 Å². The normalized spacial score (nSPS) is 11.9. The van der Waals surface area contributed by atoms with Gasteiger partial charge in [-0.3, -0.25) is 4.79 Å². The van der Waals surface area contributed by atoms with Gasteiger partial charge in [-0.15, -0.1) is 0 Å². The summed E-state index contributed by atoms with van der Waals surface area (Å²) in [4.78, 5) is 11.6. The molecule has 0 aliphatic carbocycles. The van der Waals surface area contributed by atoms with Gasteiger partial charge in [0.25, 0.3) is 0 Å². The Bertz CT molecular complexity index is 411. The molecule has 1 rings (SSSR count). The summed E-state index contributed by atoms with van der Waals surface area (Å²) in [5, 5.41) is 9.15. The Kier molecular flexibility index (Phi) is 3.68. The van der Waals surface area contributed by atoms with Crippen molar-refractivity contribution in [3.8, 4) is 6.07 Å². The van der Waals surface area contributed by atoms with Crippen molar-refractivity contribution in [2.75, 3.05) is 0 Å². The van der Waals surface area contributed by atoms with Gasteiger partial charge in [-0.25, -0.2) is 0 Å². The summed E-state index contributed by atoms with van der Waals surface area (Å²) in [6.07, 6.45) is 0. The highest BCUT2D eigenvalue weighted by Crippen LogP contribution is 2.23. The lowest BCUT2D eigenvalue weighted by Gasteiger charge is -2.04. The Hall–Kier alpha value is -0.850. The van der Waals surface area contributed by atoms with Crippen LogP contribution in [-0.4, -0.2) is 5.78 Å². The van der Waals surface area contributed by atoms with E-state index in [0.717, 1.165) is 0 Å². The number of Topliss-reactive ketones (excluding diaryl/α,β-unsaturated/α-hetero) is 1. The molecule has 0 aliphatic heterocycles. The fourth-order valence-corrected chi connectivity index (χ4v) is 1.86. The second kappa shape index (κ2) is 4.59. The molecule has 2 nitrogen and oxygen atoms in total. The van der Waals surface area contributed by atoms with Crippen molar-refractivity contribution in [2.45, 2.75) is 6.92 Å². The molecule has 0 radical (unpaired) electrons. The minimum atomic E-state index is -0.632. The smallest absolute Gasteiger partial charge is 0.180 e. The predicted molar refractivity (Wildman–Crippen MR) is 58.3 cm³/mol. The zero-order valence-electron chi connectivity index (χ0n) is 7.42. The molecule has 1 unspecified atom stereocenters. The van der Waals surface area contributed by atoms with E-state index in [9.17, 15) is 4.79 Å². The Morgan fingerprint density at radius 1 is 1.64 bits per heavy atom. The maximum atomic E-state index is 11.6. The van der Waals surface area contributed by atoms with Gasteiger partial charge in [-0.1, -0.05) is 11.6 Å². The lowest BCUT2D eigenvalue weighted by Crippen LogP contribution is -2.09. The molecule has 0 amide bonds. The standard InChI is InChI=1S/C10H7BrClNO/c1-6(5-13)10(14)8-3-2-7(12)4-9(8)11/h2-4,6H,1H3. The molecule has 0 fully saturated rings. The summed E-state index contributed by atoms with van der Waals surface area (Å²) in [5.74, 6) is -0.830. The lowest BCUT2D eigenvalue weighted by atomic mass is 10.0. The summed E-state index contributed by atoms with van der Waals surface area (Å²) < 4.78 is 0.622. The summed E-state index contributed by atoms with van der Waals surface area (Å²) in [6.45, 7) is 1.57. The van der Waals surface area contributed by atoms with Crippen molar-refractivity contribution in [3.05, 3.63) is 33.3 Å². The quantitative estimate of drug-likeness (QED) is 0.774. The van der Waals surface area contributed by atoms with Gasteiger partial charge in [0.15, 0.2) is 5.78 Å². The number of benzene rings is 1. The molecule has 14 heavy (non-hydrogen) atoms. The third kappa shape index (κ3) is 2.34. The SMILES string of the molecule is CC(C#N)C(=O)c1ccc(Cl)cc1Br. The molecule has 1 atom stereocenters. The van der Waals surface area contributed by atoms with E-state index in [1.54, 1.807) is 25.1 Å². The van der Waals surface area contributed by atoms with Crippen LogP contribution in [0.2, 0.25) is 5.02 Å². The molecular formula is C10H7BrClNO. The highest BCUT2D eigenvalue weighted by molar-refractivity contribution is 9.10. The molecular weight excluding hydrogens is 265 g/mol. The van der Waals surface area contributed by atoms with Gasteiger partial charge in [0.1, 0.15) is 5.92 Å². The number of nitriles is 1. The van der Waals surface area contributed by atoms with Crippen LogP contribution in [0.15, 0.2) is 22.7 Å². The van der Waals surface area contributed by atoms with Crippen molar-refractivity contribution < 1.29 is 4.79 Å². The topological polar surface area (TPSA) is 40.9 Å². The molecule has 1 aromatic carbocycles. The maximum absolute atomic E-state index is 11.6. The number of carbonyl (C=O) groups excluding carboxylic acids is 1. The van der Waals surface area contributed by atoms with E-state index in [1.807, 2.05) is 6.07 Å². The Morgan fingerprint density at radius 2 is 2.29 bits per heavy atom. The first-order valence-corrected chi connectivity index (χ1v) is 5.12. The molecule has 0 spiro atoms. The van der Waals surface area contributed by atoms with Crippen LogP contribution in [0.1, 0.15) is 17.3 Å². The fourth-order valence-electron chi connectivity index (χ4n) is 0.981. The van der Waals surface area contributed by atoms with E-state index >= 15 is 0 Å². The minimum absolute atomic E-state index is 0.198. The molecule has 4 heteroatoms. The number of hydrogen-bond donors (Lipinski definition) is 0. The van der Waals surface area contributed by atoms with Gasteiger partial charge in [0.05, 0.1) is 6.07 Å². The van der Waals surface area contributed by atoms with Crippen molar-refractivity contribution in [3.63, 3.8) is 0 Å². The van der Waals surface area contributed by atoms with Gasteiger partial charge in [-0.2, -0.15) is 5.26 Å². The van der Waals surface area contributed by atoms with E-state index < -0.39 is 5.92 Å². The number of rotatable bonds is 2. The average Bonchev–Trinajstić information content (AvgIpc) is 2.15. The number of carbonyl (C=O) groups is 1. The molecule has 0 saturated heterocycles. The van der Waals surface area contributed by atoms with E-state index in [1.165, 1.54) is 0 Å². The fraction of sp³-hybridized carbons (Fsp3) is 0.200. The van der Waals surface area contributed by atoms with Crippen LogP contribution >= 0.6 is 27.5 Å². The van der Waals surface area contributed by atoms with Crippen LogP contribution in [-0.2, 0) is 0 Å². The van der Waals surface area contributed by atoms with E-state index in [0.29, 0.717) is 15.1 Å². The monoisotopic (exact) mass is 271 g/mol. The van der Waals surface area contributed by atoms with Crippen molar-refractivity contribution in [1.82, 2.24) is 0 Å². The first-order chi connectivity index (χ1) is 6.56. The van der Waals surface area contributed by atoms with Gasteiger partial charge in [0.2, 0.25) is 0 Å². The van der Waals surface area contributed by atoms with E-state index in [4.69, 9.17) is 16.9 Å². The molecule has 0 bridgehead atoms. The summed E-state index contributed by atoms with van der Waals surface area (Å²) in [5.41, 5.74) is 0.489. The van der Waals surface area contributed by atoms with Gasteiger partial charge in [-0.05, 0) is 41.1 Å². The number of nitrogens with zero attached hydrogens (tertiary/aromatic N) is 1. The molecule has 0 aromatic heterocycles. The first-order valence-electron chi connectivity index (χ1n) is 3.95. The third-order valence-corrected chi connectivity index (χ3v) is 2.67. The molecule has 72 valence electrons. The van der Waals surface area contributed by atoms with Crippen LogP contribution in [0, 0.1) is 17.2 Å². The highest BCUT2D eigenvalue weighted by Gasteiger charge is 2.16. The number of hydrogen-bond acceptors (Lipinski definition) is 2. The molecule has 0 saturated carbocycles. The first kappa shape index (κ1) is 11.2. The van der Waals surface area contributed by atoms with Crippen molar-refractivity contribution >= 4 is 33.3 Å². The summed E-state index contributed by atoms with van der Waals surface area (Å²) in [6, 6.07) is 6.78. The maximum Gasteiger partial charge on any atom is 0.180 e. The molecule has 1 aromatic rings. The predicted octanol–water partition coefficient (Wildman–Crippen LogP) is 3.44. The number of ketones is 1. The average molecular weight is 273 g/mol.